The Hall–Kier alpha value is -4.34. The van der Waals surface area contributed by atoms with Gasteiger partial charge in [-0.25, -0.2) is 0 Å². The maximum Gasteiger partial charge on any atom is 0.416 e. The van der Waals surface area contributed by atoms with Gasteiger partial charge in [-0.3, -0.25) is 9.78 Å². The fourth-order valence-electron chi connectivity index (χ4n) is 4.10. The molecule has 2 N–H and O–H groups in total. The van der Waals surface area contributed by atoms with Crippen molar-refractivity contribution < 1.29 is 36.2 Å². The summed E-state index contributed by atoms with van der Waals surface area (Å²) in [4.78, 5) is 17.5. The van der Waals surface area contributed by atoms with Crippen LogP contribution in [0.4, 0.5) is 26.3 Å². The number of phenols is 1. The van der Waals surface area contributed by atoms with E-state index in [9.17, 15) is 36.2 Å². The van der Waals surface area contributed by atoms with E-state index in [2.05, 4.69) is 10.3 Å². The van der Waals surface area contributed by atoms with E-state index in [0.717, 1.165) is 16.7 Å². The van der Waals surface area contributed by atoms with Crippen molar-refractivity contribution >= 4 is 5.91 Å². The summed E-state index contributed by atoms with van der Waals surface area (Å²) in [5, 5.41) is 12.0. The highest BCUT2D eigenvalue weighted by molar-refractivity contribution is 6.01. The molecular weight excluding hydrogens is 522 g/mol. The number of alkyl halides is 6. The number of phenolic OH excluding ortho intramolecular Hbond substituents is 1. The SMILES string of the molecule is Cc1ccccc1-c1cc(Cc2ccc(O)cc2)ncc1C(=O)NCc1cc(C(F)(F)F)cc(C(F)(F)F)c1. The van der Waals surface area contributed by atoms with Crippen molar-refractivity contribution in [3.8, 4) is 16.9 Å². The Morgan fingerprint density at radius 1 is 0.821 bits per heavy atom. The van der Waals surface area contributed by atoms with Gasteiger partial charge in [-0.1, -0.05) is 36.4 Å². The molecule has 1 amide bonds. The molecule has 10 heteroatoms. The average molecular weight is 544 g/mol. The van der Waals surface area contributed by atoms with Crippen LogP contribution in [-0.2, 0) is 25.3 Å². The van der Waals surface area contributed by atoms with E-state index in [-0.39, 0.29) is 22.9 Å². The van der Waals surface area contributed by atoms with Gasteiger partial charge in [-0.2, -0.15) is 26.3 Å². The molecule has 0 aliphatic rings. The maximum atomic E-state index is 13.2. The van der Waals surface area contributed by atoms with Gasteiger partial charge < -0.3 is 10.4 Å². The fourth-order valence-corrected chi connectivity index (χ4v) is 4.10. The second-order valence-electron chi connectivity index (χ2n) is 8.98. The predicted molar refractivity (Wildman–Crippen MR) is 133 cm³/mol. The molecule has 1 heterocycles. The van der Waals surface area contributed by atoms with Crippen LogP contribution in [0, 0.1) is 6.92 Å². The number of amides is 1. The number of aromatic nitrogens is 1. The van der Waals surface area contributed by atoms with Gasteiger partial charge in [0.2, 0.25) is 0 Å². The van der Waals surface area contributed by atoms with Gasteiger partial charge in [0.05, 0.1) is 16.7 Å². The molecule has 0 radical (unpaired) electrons. The third-order valence-corrected chi connectivity index (χ3v) is 6.06. The first-order valence-corrected chi connectivity index (χ1v) is 11.7. The Balaban J connectivity index is 1.66. The molecule has 0 unspecified atom stereocenters. The van der Waals surface area contributed by atoms with Crippen LogP contribution in [0.25, 0.3) is 11.1 Å². The van der Waals surface area contributed by atoms with E-state index in [1.54, 1.807) is 30.3 Å². The van der Waals surface area contributed by atoms with Crippen molar-refractivity contribution in [2.75, 3.05) is 0 Å². The zero-order valence-corrected chi connectivity index (χ0v) is 20.5. The molecule has 0 atom stereocenters. The number of hydrogen-bond acceptors (Lipinski definition) is 3. The molecular formula is C29H22F6N2O2. The van der Waals surface area contributed by atoms with Crippen molar-refractivity contribution in [1.29, 1.82) is 0 Å². The van der Waals surface area contributed by atoms with Crippen molar-refractivity contribution in [2.45, 2.75) is 32.2 Å². The number of pyridine rings is 1. The predicted octanol–water partition coefficient (Wildman–Crippen LogP) is 7.32. The van der Waals surface area contributed by atoms with E-state index in [4.69, 9.17) is 0 Å². The third kappa shape index (κ3) is 6.76. The Morgan fingerprint density at radius 3 is 2.03 bits per heavy atom. The Morgan fingerprint density at radius 2 is 1.44 bits per heavy atom. The molecule has 4 nitrogen and oxygen atoms in total. The van der Waals surface area contributed by atoms with E-state index in [1.165, 1.54) is 18.3 Å². The van der Waals surface area contributed by atoms with Gasteiger partial charge in [0.25, 0.3) is 5.91 Å². The number of aryl methyl sites for hydroxylation is 1. The monoisotopic (exact) mass is 544 g/mol. The lowest BCUT2D eigenvalue weighted by molar-refractivity contribution is -0.143. The number of nitrogens with zero attached hydrogens (tertiary/aromatic N) is 1. The lowest BCUT2D eigenvalue weighted by atomic mass is 9.95. The minimum absolute atomic E-state index is 0.0400. The van der Waals surface area contributed by atoms with E-state index >= 15 is 0 Å². The van der Waals surface area contributed by atoms with Crippen LogP contribution in [0.15, 0.2) is 79.0 Å². The number of hydrogen-bond donors (Lipinski definition) is 2. The third-order valence-electron chi connectivity index (χ3n) is 6.06. The highest BCUT2D eigenvalue weighted by Crippen LogP contribution is 2.36. The summed E-state index contributed by atoms with van der Waals surface area (Å²) < 4.78 is 79.3. The Labute approximate surface area is 220 Å². The molecule has 4 aromatic rings. The Bertz CT molecular complexity index is 1460. The normalized spacial score (nSPS) is 11.9. The molecule has 4 rings (SSSR count). The van der Waals surface area contributed by atoms with Gasteiger partial charge in [0.1, 0.15) is 5.75 Å². The standard InChI is InChI=1S/C29H22F6N2O2/c1-17-4-2-3-5-24(17)25-14-22(12-18-6-8-23(38)9-7-18)36-16-26(25)27(39)37-15-19-10-20(28(30,31)32)13-21(11-19)29(33,34)35/h2-11,13-14,16,38H,12,15H2,1H3,(H,37,39). The first-order valence-electron chi connectivity index (χ1n) is 11.7. The average Bonchev–Trinajstić information content (AvgIpc) is 2.88. The van der Waals surface area contributed by atoms with Crippen LogP contribution in [-0.4, -0.2) is 16.0 Å². The van der Waals surface area contributed by atoms with Gasteiger partial charge in [-0.15, -0.1) is 0 Å². The topological polar surface area (TPSA) is 62.2 Å². The largest absolute Gasteiger partial charge is 0.508 e. The Kier molecular flexibility index (Phi) is 7.67. The lowest BCUT2D eigenvalue weighted by Gasteiger charge is -2.16. The first-order chi connectivity index (χ1) is 18.3. The molecule has 39 heavy (non-hydrogen) atoms. The van der Waals surface area contributed by atoms with Gasteiger partial charge in [-0.05, 0) is 71.1 Å². The molecule has 3 aromatic carbocycles. The van der Waals surface area contributed by atoms with Crippen LogP contribution < -0.4 is 5.32 Å². The molecule has 0 saturated carbocycles. The van der Waals surface area contributed by atoms with Crippen LogP contribution in [0.2, 0.25) is 0 Å². The molecule has 202 valence electrons. The molecule has 0 aliphatic carbocycles. The van der Waals surface area contributed by atoms with Gasteiger partial charge >= 0.3 is 12.4 Å². The zero-order valence-electron chi connectivity index (χ0n) is 20.5. The summed E-state index contributed by atoms with van der Waals surface area (Å²) in [6.07, 6.45) is -8.25. The van der Waals surface area contributed by atoms with Crippen molar-refractivity contribution in [1.82, 2.24) is 10.3 Å². The maximum absolute atomic E-state index is 13.2. The van der Waals surface area contributed by atoms with Gasteiger partial charge in [0.15, 0.2) is 0 Å². The number of aromatic hydroxyl groups is 1. The number of halogens is 6. The fraction of sp³-hybridized carbons (Fsp3) is 0.172. The van der Waals surface area contributed by atoms with Crippen LogP contribution >= 0.6 is 0 Å². The summed E-state index contributed by atoms with van der Waals surface area (Å²) in [6.45, 7) is 1.28. The van der Waals surface area contributed by atoms with E-state index < -0.39 is 35.9 Å². The summed E-state index contributed by atoms with van der Waals surface area (Å²) in [5.74, 6) is -0.592. The smallest absolute Gasteiger partial charge is 0.416 e. The highest BCUT2D eigenvalue weighted by atomic mass is 19.4. The summed E-state index contributed by atoms with van der Waals surface area (Å²) >= 11 is 0. The van der Waals surface area contributed by atoms with Crippen LogP contribution in [0.3, 0.4) is 0 Å². The lowest BCUT2D eigenvalue weighted by Crippen LogP contribution is -2.24. The molecule has 0 spiro atoms. The summed E-state index contributed by atoms with van der Waals surface area (Å²) in [7, 11) is 0. The second-order valence-corrected chi connectivity index (χ2v) is 8.98. The molecule has 0 saturated heterocycles. The number of carbonyl (C=O) groups excluding carboxylic acids is 1. The van der Waals surface area contributed by atoms with E-state index in [0.29, 0.717) is 29.8 Å². The molecule has 0 aliphatic heterocycles. The van der Waals surface area contributed by atoms with E-state index in [1.807, 2.05) is 19.1 Å². The minimum atomic E-state index is -4.99. The second kappa shape index (κ2) is 10.8. The van der Waals surface area contributed by atoms with Crippen LogP contribution in [0.5, 0.6) is 5.75 Å². The summed E-state index contributed by atoms with van der Waals surface area (Å²) in [6, 6.07) is 16.7. The minimum Gasteiger partial charge on any atom is -0.508 e. The number of carbonyl (C=O) groups is 1. The number of rotatable bonds is 6. The summed E-state index contributed by atoms with van der Waals surface area (Å²) in [5.41, 5.74) is 0.402. The van der Waals surface area contributed by atoms with Crippen molar-refractivity contribution in [2.24, 2.45) is 0 Å². The molecule has 1 aromatic heterocycles. The highest BCUT2D eigenvalue weighted by Gasteiger charge is 2.36. The number of benzene rings is 3. The molecule has 0 bridgehead atoms. The van der Waals surface area contributed by atoms with Crippen molar-refractivity contribution in [3.63, 3.8) is 0 Å². The number of nitrogens with one attached hydrogen (secondary N) is 1. The quantitative estimate of drug-likeness (QED) is 0.250. The van der Waals surface area contributed by atoms with Crippen LogP contribution in [0.1, 0.15) is 43.9 Å². The van der Waals surface area contributed by atoms with Gasteiger partial charge in [0, 0.05) is 24.9 Å². The molecule has 0 fully saturated rings. The first kappa shape index (κ1) is 27.7. The van der Waals surface area contributed by atoms with Crippen molar-refractivity contribution in [3.05, 3.63) is 118 Å². The zero-order chi connectivity index (χ0) is 28.4.